The molecule has 0 bridgehead atoms. The van der Waals surface area contributed by atoms with Gasteiger partial charge in [-0.2, -0.15) is 0 Å². The number of hydrogen-bond acceptors (Lipinski definition) is 2. The molecule has 0 radical (unpaired) electrons. The Morgan fingerprint density at radius 3 is 2.61 bits per heavy atom. The average Bonchev–Trinajstić information content (AvgIpc) is 2.33. The van der Waals surface area contributed by atoms with Crippen molar-refractivity contribution in [1.82, 2.24) is 0 Å². The van der Waals surface area contributed by atoms with Gasteiger partial charge in [0.2, 0.25) is 0 Å². The van der Waals surface area contributed by atoms with E-state index in [1.807, 2.05) is 32.0 Å². The summed E-state index contributed by atoms with van der Waals surface area (Å²) in [5.74, 6) is 0.503. The average molecular weight is 244 g/mol. The monoisotopic (exact) mass is 244 g/mol. The summed E-state index contributed by atoms with van der Waals surface area (Å²) < 4.78 is 18.9. The SMILES string of the molecule is Cc1ccc(C)c(Oc2cc(F)cc(C=O)c2)c1. The van der Waals surface area contributed by atoms with Crippen molar-refractivity contribution in [2.75, 3.05) is 0 Å². The van der Waals surface area contributed by atoms with Gasteiger partial charge in [0.15, 0.2) is 0 Å². The number of ether oxygens (including phenoxy) is 1. The summed E-state index contributed by atoms with van der Waals surface area (Å²) in [6.45, 7) is 3.86. The van der Waals surface area contributed by atoms with Crippen molar-refractivity contribution in [2.24, 2.45) is 0 Å². The molecule has 2 aromatic rings. The van der Waals surface area contributed by atoms with Gasteiger partial charge in [-0.25, -0.2) is 4.39 Å². The highest BCUT2D eigenvalue weighted by molar-refractivity contribution is 5.75. The zero-order chi connectivity index (χ0) is 13.1. The molecule has 2 rings (SSSR count). The van der Waals surface area contributed by atoms with Gasteiger partial charge in [-0.05, 0) is 43.2 Å². The van der Waals surface area contributed by atoms with E-state index in [0.717, 1.165) is 11.1 Å². The summed E-state index contributed by atoms with van der Waals surface area (Å²) in [7, 11) is 0. The van der Waals surface area contributed by atoms with Crippen molar-refractivity contribution < 1.29 is 13.9 Å². The van der Waals surface area contributed by atoms with Crippen molar-refractivity contribution in [3.63, 3.8) is 0 Å². The highest BCUT2D eigenvalue weighted by atomic mass is 19.1. The molecule has 0 saturated carbocycles. The van der Waals surface area contributed by atoms with Crippen LogP contribution in [-0.4, -0.2) is 6.29 Å². The predicted octanol–water partition coefficient (Wildman–Crippen LogP) is 4.05. The van der Waals surface area contributed by atoms with Crippen LogP contribution in [0.4, 0.5) is 4.39 Å². The van der Waals surface area contributed by atoms with Gasteiger partial charge in [-0.15, -0.1) is 0 Å². The van der Waals surface area contributed by atoms with Gasteiger partial charge in [-0.3, -0.25) is 4.79 Å². The van der Waals surface area contributed by atoms with Gasteiger partial charge >= 0.3 is 0 Å². The Morgan fingerprint density at radius 2 is 1.89 bits per heavy atom. The third-order valence-corrected chi connectivity index (χ3v) is 2.60. The van der Waals surface area contributed by atoms with E-state index < -0.39 is 5.82 Å². The molecular weight excluding hydrogens is 231 g/mol. The molecule has 0 saturated heterocycles. The Morgan fingerprint density at radius 1 is 1.11 bits per heavy atom. The van der Waals surface area contributed by atoms with Gasteiger partial charge < -0.3 is 4.74 Å². The maximum Gasteiger partial charge on any atom is 0.150 e. The van der Waals surface area contributed by atoms with Crippen LogP contribution in [0.15, 0.2) is 36.4 Å². The molecule has 0 fully saturated rings. The van der Waals surface area contributed by atoms with Crippen molar-refractivity contribution in [3.8, 4) is 11.5 Å². The Labute approximate surface area is 105 Å². The van der Waals surface area contributed by atoms with Crippen LogP contribution < -0.4 is 4.74 Å². The summed E-state index contributed by atoms with van der Waals surface area (Å²) >= 11 is 0. The van der Waals surface area contributed by atoms with E-state index in [0.29, 0.717) is 17.8 Å². The van der Waals surface area contributed by atoms with Crippen LogP contribution in [0.1, 0.15) is 21.5 Å². The summed E-state index contributed by atoms with van der Waals surface area (Å²) in [6.07, 6.45) is 0.596. The Kier molecular flexibility index (Phi) is 3.42. The van der Waals surface area contributed by atoms with Crippen molar-refractivity contribution >= 4 is 6.29 Å². The normalized spacial score (nSPS) is 10.2. The van der Waals surface area contributed by atoms with E-state index in [-0.39, 0.29) is 5.56 Å². The standard InChI is InChI=1S/C15H13FO2/c1-10-3-4-11(2)15(5-10)18-14-7-12(9-17)6-13(16)8-14/h3-9H,1-2H3. The van der Waals surface area contributed by atoms with Crippen LogP contribution in [0, 0.1) is 19.7 Å². The lowest BCUT2D eigenvalue weighted by Gasteiger charge is -2.10. The minimum Gasteiger partial charge on any atom is -0.457 e. The molecule has 0 aliphatic rings. The van der Waals surface area contributed by atoms with Crippen molar-refractivity contribution in [2.45, 2.75) is 13.8 Å². The maximum absolute atomic E-state index is 13.3. The second kappa shape index (κ2) is 5.00. The third-order valence-electron chi connectivity index (χ3n) is 2.60. The zero-order valence-electron chi connectivity index (χ0n) is 10.2. The maximum atomic E-state index is 13.3. The highest BCUT2D eigenvalue weighted by Gasteiger charge is 2.05. The van der Waals surface area contributed by atoms with E-state index in [9.17, 15) is 9.18 Å². The van der Waals surface area contributed by atoms with Gasteiger partial charge in [0.05, 0.1) is 0 Å². The van der Waals surface area contributed by atoms with E-state index in [1.54, 1.807) is 0 Å². The number of benzene rings is 2. The van der Waals surface area contributed by atoms with Crippen molar-refractivity contribution in [1.29, 1.82) is 0 Å². The first-order valence-electron chi connectivity index (χ1n) is 5.59. The van der Waals surface area contributed by atoms with E-state index in [1.165, 1.54) is 18.2 Å². The molecule has 0 N–H and O–H groups in total. The Balaban J connectivity index is 2.36. The lowest BCUT2D eigenvalue weighted by molar-refractivity contribution is 0.112. The van der Waals surface area contributed by atoms with E-state index in [4.69, 9.17) is 4.74 Å². The molecule has 0 amide bonds. The van der Waals surface area contributed by atoms with Crippen LogP contribution in [0.5, 0.6) is 11.5 Å². The Bertz CT molecular complexity index is 591. The number of aryl methyl sites for hydroxylation is 2. The molecule has 0 aliphatic carbocycles. The van der Waals surface area contributed by atoms with Crippen LogP contribution in [0.25, 0.3) is 0 Å². The first-order chi connectivity index (χ1) is 8.58. The molecule has 0 spiro atoms. The number of rotatable bonds is 3. The molecule has 0 unspecified atom stereocenters. The molecule has 0 aliphatic heterocycles. The quantitative estimate of drug-likeness (QED) is 0.761. The lowest BCUT2D eigenvalue weighted by Crippen LogP contribution is -1.91. The largest absolute Gasteiger partial charge is 0.457 e. The fourth-order valence-electron chi connectivity index (χ4n) is 1.66. The molecule has 0 aromatic heterocycles. The predicted molar refractivity (Wildman–Crippen MR) is 67.8 cm³/mol. The zero-order valence-corrected chi connectivity index (χ0v) is 10.2. The van der Waals surface area contributed by atoms with Crippen LogP contribution in [0.3, 0.4) is 0 Å². The van der Waals surface area contributed by atoms with Crippen LogP contribution in [-0.2, 0) is 0 Å². The molecule has 3 heteroatoms. The van der Waals surface area contributed by atoms with Gasteiger partial charge in [0.1, 0.15) is 23.6 Å². The molecule has 18 heavy (non-hydrogen) atoms. The van der Waals surface area contributed by atoms with Gasteiger partial charge in [0, 0.05) is 11.6 Å². The molecule has 2 nitrogen and oxygen atoms in total. The topological polar surface area (TPSA) is 26.3 Å². The smallest absolute Gasteiger partial charge is 0.150 e. The second-order valence-electron chi connectivity index (χ2n) is 4.21. The molecular formula is C15H13FO2. The van der Waals surface area contributed by atoms with Crippen molar-refractivity contribution in [3.05, 3.63) is 58.9 Å². The second-order valence-corrected chi connectivity index (χ2v) is 4.21. The van der Waals surface area contributed by atoms with Gasteiger partial charge in [0.25, 0.3) is 0 Å². The number of carbonyl (C=O) groups is 1. The van der Waals surface area contributed by atoms with Crippen LogP contribution in [0.2, 0.25) is 0 Å². The summed E-state index contributed by atoms with van der Waals surface area (Å²) in [4.78, 5) is 10.7. The van der Waals surface area contributed by atoms with E-state index >= 15 is 0 Å². The Hall–Kier alpha value is -2.16. The van der Waals surface area contributed by atoms with Crippen LogP contribution >= 0.6 is 0 Å². The summed E-state index contributed by atoms with van der Waals surface area (Å²) in [6, 6.07) is 9.73. The minimum atomic E-state index is -0.486. The first kappa shape index (κ1) is 12.3. The number of halogens is 1. The molecule has 0 heterocycles. The first-order valence-corrected chi connectivity index (χ1v) is 5.59. The van der Waals surface area contributed by atoms with E-state index in [2.05, 4.69) is 0 Å². The minimum absolute atomic E-state index is 0.260. The van der Waals surface area contributed by atoms with Gasteiger partial charge in [-0.1, -0.05) is 12.1 Å². The molecule has 0 atom stereocenters. The highest BCUT2D eigenvalue weighted by Crippen LogP contribution is 2.27. The third kappa shape index (κ3) is 2.74. The number of hydrogen-bond donors (Lipinski definition) is 0. The molecule has 92 valence electrons. The summed E-state index contributed by atoms with van der Waals surface area (Å²) in [5.41, 5.74) is 2.27. The number of aldehydes is 1. The fraction of sp³-hybridized carbons (Fsp3) is 0.133. The lowest BCUT2D eigenvalue weighted by atomic mass is 10.1. The number of carbonyl (C=O) groups excluding carboxylic acids is 1. The summed E-state index contributed by atoms with van der Waals surface area (Å²) in [5, 5.41) is 0. The molecule has 2 aromatic carbocycles. The fourth-order valence-corrected chi connectivity index (χ4v) is 1.66.